The van der Waals surface area contributed by atoms with E-state index in [0.717, 1.165) is 96.6 Å². The molecule has 0 bridgehead atoms. The zero-order chi connectivity index (χ0) is 20.7. The van der Waals surface area contributed by atoms with Crippen molar-refractivity contribution in [1.82, 2.24) is 19.6 Å². The van der Waals surface area contributed by atoms with Crippen LogP contribution in [0, 0.1) is 13.8 Å². The van der Waals surface area contributed by atoms with Crippen LogP contribution in [0.1, 0.15) is 23.2 Å². The first kappa shape index (κ1) is 19.6. The second-order valence-electron chi connectivity index (χ2n) is 8.15. The fourth-order valence-electron chi connectivity index (χ4n) is 4.43. The molecule has 0 atom stereocenters. The van der Waals surface area contributed by atoms with Gasteiger partial charge in [-0.05, 0) is 38.3 Å². The highest BCUT2D eigenvalue weighted by atomic mass is 32.2. The van der Waals surface area contributed by atoms with E-state index in [0.29, 0.717) is 0 Å². The lowest BCUT2D eigenvalue weighted by molar-refractivity contribution is 0.258. The third kappa shape index (κ3) is 3.52. The molecule has 1 aromatic carbocycles. The maximum atomic E-state index is 12.9. The van der Waals surface area contributed by atoms with Crippen molar-refractivity contribution in [2.75, 3.05) is 43.4 Å². The maximum Gasteiger partial charge on any atom is 0.257 e. The number of benzene rings is 1. The minimum absolute atomic E-state index is 0.160. The number of hydrogen-bond acceptors (Lipinski definition) is 7. The van der Waals surface area contributed by atoms with E-state index in [9.17, 15) is 4.79 Å². The number of aryl methyl sites for hydroxylation is 2. The summed E-state index contributed by atoms with van der Waals surface area (Å²) in [7, 11) is 0. The van der Waals surface area contributed by atoms with Gasteiger partial charge in [0.2, 0.25) is 0 Å². The van der Waals surface area contributed by atoms with E-state index in [1.807, 2.05) is 24.5 Å². The Labute approximate surface area is 180 Å². The summed E-state index contributed by atoms with van der Waals surface area (Å²) >= 11 is 1.69. The van der Waals surface area contributed by atoms with Gasteiger partial charge in [0.05, 0.1) is 5.39 Å². The second-order valence-corrected chi connectivity index (χ2v) is 9.22. The molecule has 0 unspecified atom stereocenters. The van der Waals surface area contributed by atoms with Gasteiger partial charge in [-0.2, -0.15) is 0 Å². The number of rotatable bonds is 4. The van der Waals surface area contributed by atoms with Crippen molar-refractivity contribution in [3.63, 3.8) is 0 Å². The molecule has 30 heavy (non-hydrogen) atoms. The predicted molar refractivity (Wildman–Crippen MR) is 120 cm³/mol. The molecule has 2 aromatic heterocycles. The van der Waals surface area contributed by atoms with Crippen LogP contribution in [0.2, 0.25) is 0 Å². The summed E-state index contributed by atoms with van der Waals surface area (Å²) in [5, 5.41) is 6.31. The first-order valence-electron chi connectivity index (χ1n) is 10.7. The van der Waals surface area contributed by atoms with Gasteiger partial charge in [-0.15, -0.1) is 0 Å². The number of thioether (sulfide) groups is 1. The van der Waals surface area contributed by atoms with Crippen LogP contribution in [0.3, 0.4) is 0 Å². The van der Waals surface area contributed by atoms with Gasteiger partial charge in [0, 0.05) is 56.3 Å². The van der Waals surface area contributed by atoms with Crippen LogP contribution in [-0.4, -0.2) is 58.1 Å². The Morgan fingerprint density at radius 2 is 1.97 bits per heavy atom. The Hall–Kier alpha value is -2.32. The molecular weight excluding hydrogens is 398 g/mol. The van der Waals surface area contributed by atoms with Crippen molar-refractivity contribution >= 4 is 28.5 Å². The van der Waals surface area contributed by atoms with Gasteiger partial charge >= 0.3 is 0 Å². The van der Waals surface area contributed by atoms with Crippen molar-refractivity contribution < 1.29 is 4.52 Å². The molecule has 0 N–H and O–H groups in total. The molecule has 2 aliphatic heterocycles. The molecule has 0 amide bonds. The zero-order valence-corrected chi connectivity index (χ0v) is 18.4. The Balaban J connectivity index is 1.24. The Morgan fingerprint density at radius 1 is 1.13 bits per heavy atom. The molecule has 8 heteroatoms. The Kier molecular flexibility index (Phi) is 5.28. The van der Waals surface area contributed by atoms with E-state index < -0.39 is 0 Å². The third-order valence-electron chi connectivity index (χ3n) is 6.22. The van der Waals surface area contributed by atoms with Crippen LogP contribution in [0.15, 0.2) is 32.7 Å². The van der Waals surface area contributed by atoms with Crippen molar-refractivity contribution in [3.05, 3.63) is 45.4 Å². The predicted octanol–water partition coefficient (Wildman–Crippen LogP) is 2.86. The van der Waals surface area contributed by atoms with Gasteiger partial charge in [-0.1, -0.05) is 29.1 Å². The highest BCUT2D eigenvalue weighted by molar-refractivity contribution is 7.99. The molecule has 1 saturated heterocycles. The number of hydrogen-bond donors (Lipinski definition) is 0. The maximum absolute atomic E-state index is 12.9. The molecule has 5 rings (SSSR count). The molecule has 0 saturated carbocycles. The number of fused-ring (bicyclic) bond motifs is 2. The van der Waals surface area contributed by atoms with Gasteiger partial charge in [0.1, 0.15) is 0 Å². The quantitative estimate of drug-likeness (QED) is 0.596. The van der Waals surface area contributed by atoms with E-state index in [1.54, 1.807) is 11.8 Å². The molecule has 3 aromatic rings. The molecular formula is C22H27N5O2S. The normalized spacial score (nSPS) is 17.5. The lowest BCUT2D eigenvalue weighted by Gasteiger charge is -2.34. The topological polar surface area (TPSA) is 67.4 Å². The molecule has 7 nitrogen and oxygen atoms in total. The minimum atomic E-state index is 0.160. The molecule has 0 aliphatic carbocycles. The zero-order valence-electron chi connectivity index (χ0n) is 17.6. The summed E-state index contributed by atoms with van der Waals surface area (Å²) in [5.41, 5.74) is 3.92. The first-order chi connectivity index (χ1) is 14.6. The molecule has 2 aliphatic rings. The van der Waals surface area contributed by atoms with E-state index >= 15 is 0 Å². The summed E-state index contributed by atoms with van der Waals surface area (Å²) in [6.07, 6.45) is 1.80. The summed E-state index contributed by atoms with van der Waals surface area (Å²) in [4.78, 5) is 22.4. The molecule has 158 valence electrons. The Bertz CT molecular complexity index is 1130. The number of anilines is 1. The van der Waals surface area contributed by atoms with Crippen molar-refractivity contribution in [2.24, 2.45) is 0 Å². The van der Waals surface area contributed by atoms with Crippen molar-refractivity contribution in [1.29, 1.82) is 0 Å². The van der Waals surface area contributed by atoms with Gasteiger partial charge in [-0.25, -0.2) is 4.98 Å². The third-order valence-corrected chi connectivity index (χ3v) is 7.28. The molecule has 0 radical (unpaired) electrons. The molecule has 4 heterocycles. The van der Waals surface area contributed by atoms with E-state index in [1.165, 1.54) is 0 Å². The van der Waals surface area contributed by atoms with Crippen molar-refractivity contribution in [3.8, 4) is 0 Å². The van der Waals surface area contributed by atoms with Crippen LogP contribution in [0.4, 0.5) is 5.82 Å². The summed E-state index contributed by atoms with van der Waals surface area (Å²) in [5.74, 6) is 1.99. The van der Waals surface area contributed by atoms with Crippen LogP contribution in [0.5, 0.6) is 0 Å². The molecule has 0 spiro atoms. The monoisotopic (exact) mass is 425 g/mol. The van der Waals surface area contributed by atoms with Crippen LogP contribution in [0.25, 0.3) is 11.0 Å². The summed E-state index contributed by atoms with van der Waals surface area (Å²) < 4.78 is 7.45. The molecule has 1 fully saturated rings. The number of para-hydroxylation sites is 1. The highest BCUT2D eigenvalue weighted by Gasteiger charge is 2.23. The van der Waals surface area contributed by atoms with Crippen LogP contribution in [-0.2, 0) is 13.0 Å². The average Bonchev–Trinajstić information content (AvgIpc) is 3.20. The largest absolute Gasteiger partial charge is 0.354 e. The van der Waals surface area contributed by atoms with Crippen LogP contribution < -0.4 is 10.5 Å². The van der Waals surface area contributed by atoms with E-state index in [2.05, 4.69) is 27.1 Å². The summed E-state index contributed by atoms with van der Waals surface area (Å²) in [6.45, 7) is 9.43. The van der Waals surface area contributed by atoms with E-state index in [4.69, 9.17) is 9.51 Å². The highest BCUT2D eigenvalue weighted by Crippen LogP contribution is 2.29. The standard InChI is InChI=1S/C22H27N5O2S/c1-15-5-3-6-18-19(15)29-24-20(18)26-12-10-25(11-13-26)9-7-17-16(2)23-22-27(21(17)28)8-4-14-30-22/h3,5-6H,4,7-14H2,1-2H3. The van der Waals surface area contributed by atoms with Gasteiger partial charge in [-0.3, -0.25) is 14.3 Å². The lowest BCUT2D eigenvalue weighted by Crippen LogP contribution is -2.47. The smallest absolute Gasteiger partial charge is 0.257 e. The number of aromatic nitrogens is 3. The van der Waals surface area contributed by atoms with Crippen molar-refractivity contribution in [2.45, 2.75) is 38.4 Å². The number of nitrogens with zero attached hydrogens (tertiary/aromatic N) is 5. The van der Waals surface area contributed by atoms with Crippen LogP contribution >= 0.6 is 11.8 Å². The summed E-state index contributed by atoms with van der Waals surface area (Å²) in [6, 6.07) is 6.19. The van der Waals surface area contributed by atoms with Gasteiger partial charge in [0.15, 0.2) is 16.6 Å². The lowest BCUT2D eigenvalue weighted by atomic mass is 10.1. The van der Waals surface area contributed by atoms with E-state index in [-0.39, 0.29) is 5.56 Å². The minimum Gasteiger partial charge on any atom is -0.354 e. The first-order valence-corrected chi connectivity index (χ1v) is 11.7. The fraction of sp³-hybridized carbons (Fsp3) is 0.500. The number of piperazine rings is 1. The van der Waals surface area contributed by atoms with Gasteiger partial charge < -0.3 is 9.42 Å². The second kappa shape index (κ2) is 8.07. The fourth-order valence-corrected chi connectivity index (χ4v) is 5.41. The average molecular weight is 426 g/mol. The SMILES string of the molecule is Cc1nc2n(c(=O)c1CCN1CCN(c3noc4c(C)cccc34)CC1)CCCS2. The Morgan fingerprint density at radius 3 is 2.80 bits per heavy atom. The van der Waals surface area contributed by atoms with Gasteiger partial charge in [0.25, 0.3) is 5.56 Å².